The first-order valence-electron chi connectivity index (χ1n) is 4.94. The third kappa shape index (κ3) is 1.79. The molecular weight excluding hydrogens is 212 g/mol. The lowest BCUT2D eigenvalue weighted by Gasteiger charge is -2.31. The fraction of sp³-hybridized carbons (Fsp3) is 0.400. The molecule has 0 fully saturated rings. The largest absolute Gasteiger partial charge is 0.484 e. The minimum Gasteiger partial charge on any atom is -0.484 e. The van der Waals surface area contributed by atoms with E-state index < -0.39 is 4.92 Å². The van der Waals surface area contributed by atoms with Gasteiger partial charge in [0.1, 0.15) is 11.9 Å². The molecule has 2 atom stereocenters. The fourth-order valence-corrected chi connectivity index (χ4v) is 1.65. The monoisotopic (exact) mass is 224 g/mol. The van der Waals surface area contributed by atoms with E-state index in [1.165, 1.54) is 18.2 Å². The van der Waals surface area contributed by atoms with Crippen molar-refractivity contribution < 1.29 is 14.8 Å². The standard InChI is InChI=1S/C10H12N2O4/c1-6-10(5-13)16-9-3-2-7(12(14)15)4-8(9)11-6/h2-4,6,10-11,13H,5H2,1H3/t6-,10-/m1/s1. The van der Waals surface area contributed by atoms with Crippen LogP contribution in [0.15, 0.2) is 18.2 Å². The van der Waals surface area contributed by atoms with E-state index in [-0.39, 0.29) is 24.4 Å². The highest BCUT2D eigenvalue weighted by Gasteiger charge is 2.26. The normalized spacial score (nSPS) is 22.9. The van der Waals surface area contributed by atoms with Crippen molar-refractivity contribution >= 4 is 11.4 Å². The number of nitrogens with zero attached hydrogens (tertiary/aromatic N) is 1. The summed E-state index contributed by atoms with van der Waals surface area (Å²) < 4.78 is 5.49. The van der Waals surface area contributed by atoms with Crippen molar-refractivity contribution in [3.63, 3.8) is 0 Å². The van der Waals surface area contributed by atoms with Crippen molar-refractivity contribution in [3.8, 4) is 5.75 Å². The van der Waals surface area contributed by atoms with Crippen LogP contribution in [0.25, 0.3) is 0 Å². The van der Waals surface area contributed by atoms with Gasteiger partial charge in [-0.2, -0.15) is 0 Å². The molecule has 1 aliphatic heterocycles. The van der Waals surface area contributed by atoms with Crippen LogP contribution < -0.4 is 10.1 Å². The Morgan fingerprint density at radius 2 is 2.38 bits per heavy atom. The quantitative estimate of drug-likeness (QED) is 0.581. The number of aliphatic hydroxyl groups is 1. The van der Waals surface area contributed by atoms with Gasteiger partial charge in [-0.05, 0) is 13.0 Å². The van der Waals surface area contributed by atoms with Crippen LogP contribution in [0.1, 0.15) is 6.92 Å². The number of rotatable bonds is 2. The summed E-state index contributed by atoms with van der Waals surface area (Å²) in [7, 11) is 0. The third-order valence-corrected chi connectivity index (χ3v) is 2.57. The maximum atomic E-state index is 10.6. The number of hydrogen-bond donors (Lipinski definition) is 2. The van der Waals surface area contributed by atoms with Gasteiger partial charge in [-0.15, -0.1) is 0 Å². The first-order chi connectivity index (χ1) is 7.61. The lowest BCUT2D eigenvalue weighted by Crippen LogP contribution is -2.41. The maximum Gasteiger partial charge on any atom is 0.271 e. The molecule has 0 unspecified atom stereocenters. The molecule has 6 heteroatoms. The Balaban J connectivity index is 2.32. The van der Waals surface area contributed by atoms with Crippen molar-refractivity contribution in [2.75, 3.05) is 11.9 Å². The SMILES string of the molecule is C[C@H]1Nc2cc([N+](=O)[O-])ccc2O[C@@H]1CO. The zero-order chi connectivity index (χ0) is 11.7. The minimum atomic E-state index is -0.454. The van der Waals surface area contributed by atoms with E-state index in [2.05, 4.69) is 5.32 Å². The number of anilines is 1. The van der Waals surface area contributed by atoms with Crippen LogP contribution in [0.5, 0.6) is 5.75 Å². The summed E-state index contributed by atoms with van der Waals surface area (Å²) in [4.78, 5) is 10.1. The molecule has 0 saturated carbocycles. The van der Waals surface area contributed by atoms with E-state index in [0.29, 0.717) is 11.4 Å². The fourth-order valence-electron chi connectivity index (χ4n) is 1.65. The van der Waals surface area contributed by atoms with Gasteiger partial charge in [0.05, 0.1) is 23.3 Å². The lowest BCUT2D eigenvalue weighted by molar-refractivity contribution is -0.384. The van der Waals surface area contributed by atoms with Gasteiger partial charge >= 0.3 is 0 Å². The van der Waals surface area contributed by atoms with E-state index in [9.17, 15) is 10.1 Å². The summed E-state index contributed by atoms with van der Waals surface area (Å²) in [5.41, 5.74) is 0.607. The Labute approximate surface area is 92.0 Å². The van der Waals surface area contributed by atoms with Crippen LogP contribution in [0.3, 0.4) is 0 Å². The van der Waals surface area contributed by atoms with Crippen LogP contribution in [-0.4, -0.2) is 28.8 Å². The minimum absolute atomic E-state index is 0.0181. The highest BCUT2D eigenvalue weighted by molar-refractivity contribution is 5.63. The Bertz CT molecular complexity index is 421. The molecule has 0 radical (unpaired) electrons. The molecule has 0 aliphatic carbocycles. The molecule has 16 heavy (non-hydrogen) atoms. The van der Waals surface area contributed by atoms with Crippen molar-refractivity contribution in [3.05, 3.63) is 28.3 Å². The van der Waals surface area contributed by atoms with Crippen LogP contribution >= 0.6 is 0 Å². The van der Waals surface area contributed by atoms with Gasteiger partial charge in [0.2, 0.25) is 0 Å². The van der Waals surface area contributed by atoms with E-state index in [4.69, 9.17) is 9.84 Å². The molecule has 1 heterocycles. The summed E-state index contributed by atoms with van der Waals surface area (Å²) in [6, 6.07) is 4.26. The van der Waals surface area contributed by atoms with E-state index in [1.54, 1.807) is 0 Å². The summed E-state index contributed by atoms with van der Waals surface area (Å²) in [5, 5.41) is 22.7. The average molecular weight is 224 g/mol. The Hall–Kier alpha value is -1.82. The zero-order valence-electron chi connectivity index (χ0n) is 8.71. The molecule has 0 saturated heterocycles. The van der Waals surface area contributed by atoms with Gasteiger partial charge < -0.3 is 15.2 Å². The number of benzene rings is 1. The van der Waals surface area contributed by atoms with Crippen molar-refractivity contribution in [1.29, 1.82) is 0 Å². The van der Waals surface area contributed by atoms with Crippen molar-refractivity contribution in [2.45, 2.75) is 19.1 Å². The van der Waals surface area contributed by atoms with Crippen LogP contribution in [0, 0.1) is 10.1 Å². The van der Waals surface area contributed by atoms with Gasteiger partial charge in [0.15, 0.2) is 0 Å². The number of nitro groups is 1. The molecule has 86 valence electrons. The predicted octanol–water partition coefficient (Wildman–Crippen LogP) is 1.15. The van der Waals surface area contributed by atoms with Crippen molar-refractivity contribution in [2.24, 2.45) is 0 Å². The van der Waals surface area contributed by atoms with Gasteiger partial charge in [0.25, 0.3) is 5.69 Å². The highest BCUT2D eigenvalue weighted by atomic mass is 16.6. The first kappa shape index (κ1) is 10.7. The molecule has 0 bridgehead atoms. The van der Waals surface area contributed by atoms with E-state index in [1.807, 2.05) is 6.92 Å². The number of nitro benzene ring substituents is 1. The molecule has 0 amide bonds. The topological polar surface area (TPSA) is 84.6 Å². The molecular formula is C10H12N2O4. The Morgan fingerprint density at radius 3 is 3.00 bits per heavy atom. The van der Waals surface area contributed by atoms with Gasteiger partial charge in [-0.1, -0.05) is 0 Å². The average Bonchev–Trinajstić information content (AvgIpc) is 2.27. The lowest BCUT2D eigenvalue weighted by atomic mass is 10.1. The second-order valence-electron chi connectivity index (χ2n) is 3.71. The third-order valence-electron chi connectivity index (χ3n) is 2.57. The molecule has 6 nitrogen and oxygen atoms in total. The molecule has 0 spiro atoms. The number of fused-ring (bicyclic) bond motifs is 1. The van der Waals surface area contributed by atoms with Crippen molar-refractivity contribution in [1.82, 2.24) is 0 Å². The molecule has 1 aliphatic rings. The summed E-state index contributed by atoms with van der Waals surface area (Å²) in [5.74, 6) is 0.530. The molecule has 1 aromatic rings. The van der Waals surface area contributed by atoms with Crippen LogP contribution in [-0.2, 0) is 0 Å². The molecule has 2 N–H and O–H groups in total. The van der Waals surface area contributed by atoms with Gasteiger partial charge in [-0.3, -0.25) is 10.1 Å². The smallest absolute Gasteiger partial charge is 0.271 e. The number of non-ortho nitro benzene ring substituents is 1. The highest BCUT2D eigenvalue weighted by Crippen LogP contribution is 2.34. The van der Waals surface area contributed by atoms with Gasteiger partial charge in [-0.25, -0.2) is 0 Å². The van der Waals surface area contributed by atoms with Crippen LogP contribution in [0.2, 0.25) is 0 Å². The number of aliphatic hydroxyl groups excluding tert-OH is 1. The predicted molar refractivity (Wildman–Crippen MR) is 57.7 cm³/mol. The maximum absolute atomic E-state index is 10.6. The van der Waals surface area contributed by atoms with E-state index >= 15 is 0 Å². The molecule has 1 aromatic carbocycles. The number of hydrogen-bond acceptors (Lipinski definition) is 5. The number of nitrogens with one attached hydrogen (secondary N) is 1. The summed E-state index contributed by atoms with van der Waals surface area (Å²) in [6.07, 6.45) is -0.325. The summed E-state index contributed by atoms with van der Waals surface area (Å²) in [6.45, 7) is 1.76. The zero-order valence-corrected chi connectivity index (χ0v) is 8.71. The first-order valence-corrected chi connectivity index (χ1v) is 4.94. The van der Waals surface area contributed by atoms with E-state index in [0.717, 1.165) is 0 Å². The second-order valence-corrected chi connectivity index (χ2v) is 3.71. The second kappa shape index (κ2) is 3.97. The molecule has 0 aromatic heterocycles. The Morgan fingerprint density at radius 1 is 1.62 bits per heavy atom. The van der Waals surface area contributed by atoms with Crippen LogP contribution in [0.4, 0.5) is 11.4 Å². The molecule has 2 rings (SSSR count). The summed E-state index contributed by atoms with van der Waals surface area (Å²) >= 11 is 0. The number of ether oxygens (including phenoxy) is 1. The Kier molecular flexibility index (Phi) is 2.66. The van der Waals surface area contributed by atoms with Gasteiger partial charge in [0, 0.05) is 12.1 Å².